The topological polar surface area (TPSA) is 110 Å². The summed E-state index contributed by atoms with van der Waals surface area (Å²) in [5.74, 6) is 0.464. The average molecular weight is 433 g/mol. The molecule has 0 radical (unpaired) electrons. The number of halogens is 1. The third-order valence-electron chi connectivity index (χ3n) is 5.15. The molecule has 0 saturated carbocycles. The van der Waals surface area contributed by atoms with Crippen LogP contribution < -0.4 is 4.74 Å². The van der Waals surface area contributed by atoms with Gasteiger partial charge < -0.3 is 9.84 Å². The number of hydrogen-bond acceptors (Lipinski definition) is 7. The average Bonchev–Trinajstić information content (AvgIpc) is 3.41. The molecule has 2 heterocycles. The quantitative estimate of drug-likeness (QED) is 0.630. The second-order valence-electron chi connectivity index (χ2n) is 6.87. The Morgan fingerprint density at radius 3 is 2.47 bits per heavy atom. The van der Waals surface area contributed by atoms with Gasteiger partial charge in [0.1, 0.15) is 11.6 Å². The summed E-state index contributed by atoms with van der Waals surface area (Å²) < 4.78 is 47.9. The molecule has 1 saturated heterocycles. The van der Waals surface area contributed by atoms with Gasteiger partial charge in [-0.1, -0.05) is 0 Å². The molecule has 1 aromatic heterocycles. The number of tetrazole rings is 1. The monoisotopic (exact) mass is 433 g/mol. The molecule has 1 N–H and O–H groups in total. The number of aromatic nitrogens is 4. The third kappa shape index (κ3) is 3.55. The molecule has 9 nitrogen and oxygen atoms in total. The summed E-state index contributed by atoms with van der Waals surface area (Å²) in [7, 11) is -2.47. The fourth-order valence-electron chi connectivity index (χ4n) is 3.68. The van der Waals surface area contributed by atoms with Gasteiger partial charge in [0.15, 0.2) is 5.82 Å². The van der Waals surface area contributed by atoms with Crippen LogP contribution in [-0.4, -0.2) is 57.8 Å². The first kappa shape index (κ1) is 20.4. The second kappa shape index (κ2) is 8.09. The molecule has 1 aliphatic rings. The van der Waals surface area contributed by atoms with Crippen LogP contribution in [0.1, 0.15) is 24.7 Å². The highest BCUT2D eigenvalue weighted by Crippen LogP contribution is 2.40. The summed E-state index contributed by atoms with van der Waals surface area (Å²) in [4.78, 5) is -0.0577. The van der Waals surface area contributed by atoms with Gasteiger partial charge in [0.05, 0.1) is 30.3 Å². The normalized spacial score (nSPS) is 19.8. The Morgan fingerprint density at radius 2 is 1.83 bits per heavy atom. The molecule has 1 fully saturated rings. The van der Waals surface area contributed by atoms with Crippen molar-refractivity contribution in [1.82, 2.24) is 24.5 Å². The lowest BCUT2D eigenvalue weighted by atomic mass is 10.2. The van der Waals surface area contributed by atoms with E-state index in [0.717, 1.165) is 12.1 Å². The van der Waals surface area contributed by atoms with Gasteiger partial charge in [-0.15, -0.1) is 5.10 Å². The van der Waals surface area contributed by atoms with Crippen molar-refractivity contribution in [2.45, 2.75) is 29.8 Å². The first-order valence-electron chi connectivity index (χ1n) is 9.28. The number of rotatable bonds is 6. The maximum Gasteiger partial charge on any atom is 0.244 e. The van der Waals surface area contributed by atoms with E-state index in [4.69, 9.17) is 4.74 Å². The second-order valence-corrected chi connectivity index (χ2v) is 8.71. The van der Waals surface area contributed by atoms with Crippen molar-refractivity contribution in [2.24, 2.45) is 0 Å². The van der Waals surface area contributed by atoms with Crippen LogP contribution >= 0.6 is 0 Å². The highest BCUT2D eigenvalue weighted by molar-refractivity contribution is 7.89. The summed E-state index contributed by atoms with van der Waals surface area (Å²) in [5, 5.41) is 21.6. The van der Waals surface area contributed by atoms with Gasteiger partial charge in [0, 0.05) is 6.04 Å². The van der Waals surface area contributed by atoms with Crippen LogP contribution in [0.25, 0.3) is 5.69 Å². The largest absolute Gasteiger partial charge is 0.497 e. The predicted molar refractivity (Wildman–Crippen MR) is 104 cm³/mol. The van der Waals surface area contributed by atoms with Crippen LogP contribution in [0.4, 0.5) is 4.39 Å². The van der Waals surface area contributed by atoms with E-state index in [9.17, 15) is 17.9 Å². The van der Waals surface area contributed by atoms with Crippen molar-refractivity contribution in [2.75, 3.05) is 13.7 Å². The van der Waals surface area contributed by atoms with Gasteiger partial charge in [0.2, 0.25) is 10.0 Å². The summed E-state index contributed by atoms with van der Waals surface area (Å²) in [6, 6.07) is 10.3. The van der Waals surface area contributed by atoms with Crippen LogP contribution in [0, 0.1) is 5.82 Å². The molecular weight excluding hydrogens is 413 g/mol. The lowest BCUT2D eigenvalue weighted by molar-refractivity contribution is 0.195. The Hall–Kier alpha value is -2.89. The molecule has 0 aliphatic carbocycles. The van der Waals surface area contributed by atoms with Crippen molar-refractivity contribution in [3.63, 3.8) is 0 Å². The zero-order chi connectivity index (χ0) is 21.3. The standard InChI is InChI=1S/C19H20FN5O4S/c1-29-16-7-4-14(5-8-16)24-19(21-22-23-24)18-11-6-15(12-26)25(18)30(27,28)17-9-2-13(20)3-10-17/h2-5,7-10,15,18,26H,6,11-12H2,1H3/t15-,18-/m0/s1. The van der Waals surface area contributed by atoms with Gasteiger partial charge in [-0.3, -0.25) is 0 Å². The number of nitrogens with zero attached hydrogens (tertiary/aromatic N) is 5. The SMILES string of the molecule is COc1ccc(-n2nnnc2[C@@H]2CC[C@@H](CO)N2S(=O)(=O)c2ccc(F)cc2)cc1. The minimum atomic E-state index is -4.02. The smallest absolute Gasteiger partial charge is 0.244 e. The lowest BCUT2D eigenvalue weighted by Gasteiger charge is -2.27. The molecule has 158 valence electrons. The van der Waals surface area contributed by atoms with Crippen molar-refractivity contribution < 1.29 is 22.7 Å². The van der Waals surface area contributed by atoms with E-state index >= 15 is 0 Å². The number of aliphatic hydroxyl groups is 1. The fraction of sp³-hybridized carbons (Fsp3) is 0.316. The van der Waals surface area contributed by atoms with Gasteiger partial charge in [-0.25, -0.2) is 12.8 Å². The van der Waals surface area contributed by atoms with Crippen molar-refractivity contribution in [3.05, 3.63) is 60.2 Å². The van der Waals surface area contributed by atoms with Crippen LogP contribution in [0.3, 0.4) is 0 Å². The van der Waals surface area contributed by atoms with E-state index < -0.39 is 27.9 Å². The molecule has 11 heteroatoms. The number of hydrogen-bond donors (Lipinski definition) is 1. The van der Waals surface area contributed by atoms with Gasteiger partial charge in [-0.2, -0.15) is 8.99 Å². The molecule has 3 aromatic rings. The predicted octanol–water partition coefficient (Wildman–Crippen LogP) is 1.70. The minimum Gasteiger partial charge on any atom is -0.497 e. The molecule has 2 aromatic carbocycles. The number of aliphatic hydroxyl groups excluding tert-OH is 1. The summed E-state index contributed by atoms with van der Waals surface area (Å²) >= 11 is 0. The van der Waals surface area contributed by atoms with Crippen molar-refractivity contribution in [1.29, 1.82) is 0 Å². The van der Waals surface area contributed by atoms with E-state index in [-0.39, 0.29) is 11.5 Å². The van der Waals surface area contributed by atoms with Crippen LogP contribution in [0.15, 0.2) is 53.4 Å². The summed E-state index contributed by atoms with van der Waals surface area (Å²) in [5.41, 5.74) is 0.641. The van der Waals surface area contributed by atoms with E-state index in [2.05, 4.69) is 15.5 Å². The minimum absolute atomic E-state index is 0.0577. The zero-order valence-electron chi connectivity index (χ0n) is 16.1. The maximum absolute atomic E-state index is 13.3. The van der Waals surface area contributed by atoms with Crippen LogP contribution in [-0.2, 0) is 10.0 Å². The van der Waals surface area contributed by atoms with Crippen LogP contribution in [0.2, 0.25) is 0 Å². The zero-order valence-corrected chi connectivity index (χ0v) is 16.9. The lowest BCUT2D eigenvalue weighted by Crippen LogP contribution is -2.40. The summed E-state index contributed by atoms with van der Waals surface area (Å²) in [6.45, 7) is -0.346. The van der Waals surface area contributed by atoms with E-state index in [0.29, 0.717) is 30.1 Å². The van der Waals surface area contributed by atoms with E-state index in [1.165, 1.54) is 21.1 Å². The number of benzene rings is 2. The van der Waals surface area contributed by atoms with Crippen LogP contribution in [0.5, 0.6) is 5.75 Å². The molecule has 1 aliphatic heterocycles. The molecule has 4 rings (SSSR count). The molecule has 0 unspecified atom stereocenters. The van der Waals surface area contributed by atoms with Crippen molar-refractivity contribution >= 4 is 10.0 Å². The van der Waals surface area contributed by atoms with E-state index in [1.54, 1.807) is 31.4 Å². The Labute approximate surface area is 172 Å². The molecule has 0 amide bonds. The number of methoxy groups -OCH3 is 1. The summed E-state index contributed by atoms with van der Waals surface area (Å²) in [6.07, 6.45) is 0.874. The molecule has 30 heavy (non-hydrogen) atoms. The first-order valence-corrected chi connectivity index (χ1v) is 10.7. The van der Waals surface area contributed by atoms with Gasteiger partial charge in [-0.05, 0) is 71.8 Å². The Balaban J connectivity index is 1.75. The first-order chi connectivity index (χ1) is 14.5. The van der Waals surface area contributed by atoms with Gasteiger partial charge >= 0.3 is 0 Å². The Morgan fingerprint density at radius 1 is 1.13 bits per heavy atom. The van der Waals surface area contributed by atoms with E-state index in [1.807, 2.05) is 0 Å². The third-order valence-corrected chi connectivity index (χ3v) is 7.12. The molecule has 0 spiro atoms. The molecule has 0 bridgehead atoms. The Kier molecular flexibility index (Phi) is 5.50. The highest BCUT2D eigenvalue weighted by Gasteiger charge is 2.45. The number of sulfonamides is 1. The number of ether oxygens (including phenoxy) is 1. The molecular formula is C19H20FN5O4S. The Bertz CT molecular complexity index is 1120. The fourth-order valence-corrected chi connectivity index (χ4v) is 5.50. The molecule has 2 atom stereocenters. The maximum atomic E-state index is 13.3. The highest BCUT2D eigenvalue weighted by atomic mass is 32.2. The van der Waals surface area contributed by atoms with Crippen molar-refractivity contribution in [3.8, 4) is 11.4 Å². The van der Waals surface area contributed by atoms with Gasteiger partial charge in [0.25, 0.3) is 0 Å².